The average molecular weight is 483 g/mol. The lowest BCUT2D eigenvalue weighted by Gasteiger charge is -2.24. The van der Waals surface area contributed by atoms with Crippen molar-refractivity contribution in [3.63, 3.8) is 0 Å². The van der Waals surface area contributed by atoms with E-state index in [4.69, 9.17) is 0 Å². The number of likely N-dealkylation sites (N-methyl/N-ethyl adjacent to an activating group) is 1. The first kappa shape index (κ1) is 28.2. The number of phenolic OH excluding ortho intramolecular Hbond substituents is 1. The van der Waals surface area contributed by atoms with E-state index in [0.717, 1.165) is 11.3 Å². The smallest absolute Gasteiger partial charge is 0.349 e. The molecule has 184 valence electrons. The van der Waals surface area contributed by atoms with Crippen molar-refractivity contribution in [3.8, 4) is 5.75 Å². The molecular formula is C22H34N4O6S. The maximum atomic E-state index is 12.9. The number of imide groups is 1. The highest BCUT2D eigenvalue weighted by Crippen LogP contribution is 2.26. The third-order valence-corrected chi connectivity index (χ3v) is 6.10. The molecule has 1 rings (SSSR count). The number of thioether (sulfide) groups is 1. The summed E-state index contributed by atoms with van der Waals surface area (Å²) in [6, 6.07) is 4.28. The molecule has 10 nitrogen and oxygen atoms in total. The summed E-state index contributed by atoms with van der Waals surface area (Å²) >= 11 is 1.37. The van der Waals surface area contributed by atoms with E-state index in [2.05, 4.69) is 16.0 Å². The zero-order valence-electron chi connectivity index (χ0n) is 19.5. The predicted octanol–water partition coefficient (Wildman–Crippen LogP) is 2.10. The lowest BCUT2D eigenvalue weighted by Crippen LogP contribution is -2.52. The lowest BCUT2D eigenvalue weighted by atomic mass is 9.98. The monoisotopic (exact) mass is 482 g/mol. The van der Waals surface area contributed by atoms with Gasteiger partial charge >= 0.3 is 6.03 Å². The Balaban J connectivity index is 2.85. The molecular weight excluding hydrogens is 448 g/mol. The highest BCUT2D eigenvalue weighted by molar-refractivity contribution is 7.99. The molecule has 5 amide bonds. The van der Waals surface area contributed by atoms with Gasteiger partial charge in [-0.1, -0.05) is 20.3 Å². The van der Waals surface area contributed by atoms with Gasteiger partial charge in [0.1, 0.15) is 11.8 Å². The summed E-state index contributed by atoms with van der Waals surface area (Å²) in [5.74, 6) is -1.51. The lowest BCUT2D eigenvalue weighted by molar-refractivity contribution is -0.157. The number of carbonyl (C=O) groups is 4. The summed E-state index contributed by atoms with van der Waals surface area (Å²) in [4.78, 5) is 49.8. The summed E-state index contributed by atoms with van der Waals surface area (Å²) in [5.41, 5.74) is 0. The van der Waals surface area contributed by atoms with Crippen LogP contribution in [0, 0.1) is 11.8 Å². The molecule has 0 radical (unpaired) electrons. The van der Waals surface area contributed by atoms with Crippen LogP contribution in [0.1, 0.15) is 39.5 Å². The number of nitrogens with one attached hydrogen (secondary N) is 3. The molecule has 1 aromatic rings. The number of phenols is 1. The first-order chi connectivity index (χ1) is 15.6. The molecule has 5 N–H and O–H groups in total. The Bertz CT molecular complexity index is 803. The van der Waals surface area contributed by atoms with Crippen LogP contribution in [-0.4, -0.2) is 65.0 Å². The van der Waals surface area contributed by atoms with Gasteiger partial charge in [0, 0.05) is 31.2 Å². The van der Waals surface area contributed by atoms with E-state index < -0.39 is 29.8 Å². The van der Waals surface area contributed by atoms with Crippen LogP contribution >= 0.6 is 11.8 Å². The Morgan fingerprint density at radius 1 is 1.00 bits per heavy atom. The number of carbonyl (C=O) groups excluding carboxylic acids is 4. The van der Waals surface area contributed by atoms with E-state index in [1.807, 2.05) is 13.8 Å². The molecule has 0 aromatic heterocycles. The molecule has 1 aromatic carbocycles. The Hall–Kier alpha value is -2.79. The van der Waals surface area contributed by atoms with E-state index in [0.29, 0.717) is 18.1 Å². The normalized spacial score (nSPS) is 12.5. The van der Waals surface area contributed by atoms with Gasteiger partial charge in [0.25, 0.3) is 5.91 Å². The van der Waals surface area contributed by atoms with Gasteiger partial charge in [0.15, 0.2) is 0 Å². The zero-order chi connectivity index (χ0) is 25.0. The van der Waals surface area contributed by atoms with Gasteiger partial charge in [-0.05, 0) is 43.0 Å². The summed E-state index contributed by atoms with van der Waals surface area (Å²) in [5, 5.41) is 26.9. The minimum Gasteiger partial charge on any atom is -0.508 e. The molecule has 2 atom stereocenters. The van der Waals surface area contributed by atoms with Gasteiger partial charge in [-0.15, -0.1) is 16.8 Å². The Morgan fingerprint density at radius 2 is 1.64 bits per heavy atom. The van der Waals surface area contributed by atoms with Crippen molar-refractivity contribution in [2.75, 3.05) is 19.8 Å². The van der Waals surface area contributed by atoms with Gasteiger partial charge in [0.05, 0.1) is 5.92 Å². The Labute approximate surface area is 198 Å². The van der Waals surface area contributed by atoms with Gasteiger partial charge in [-0.25, -0.2) is 4.79 Å². The number of hydrogen-bond acceptors (Lipinski definition) is 7. The largest absolute Gasteiger partial charge is 0.508 e. The van der Waals surface area contributed by atoms with Gasteiger partial charge < -0.3 is 21.1 Å². The molecule has 0 saturated carbocycles. The fraction of sp³-hybridized carbons (Fsp3) is 0.545. The fourth-order valence-corrected chi connectivity index (χ4v) is 3.91. The van der Waals surface area contributed by atoms with Crippen LogP contribution in [0.4, 0.5) is 4.79 Å². The molecule has 0 bridgehead atoms. The SMILES string of the molecule is CNC(=O)CC[C@H](NC(=O)N(O)C(=O)[C@H](CCC(C)C)CSc1ccc(O)cc1)C(=O)NC. The number of rotatable bonds is 12. The first-order valence-corrected chi connectivity index (χ1v) is 11.7. The fourth-order valence-electron chi connectivity index (χ4n) is 2.88. The number of hydroxylamine groups is 2. The van der Waals surface area contributed by atoms with Crippen LogP contribution in [0.2, 0.25) is 0 Å². The van der Waals surface area contributed by atoms with Crippen molar-refractivity contribution in [2.24, 2.45) is 11.8 Å². The van der Waals surface area contributed by atoms with Crippen LogP contribution in [0.5, 0.6) is 5.75 Å². The maximum absolute atomic E-state index is 12.9. The summed E-state index contributed by atoms with van der Waals surface area (Å²) in [7, 11) is 2.84. The maximum Gasteiger partial charge on any atom is 0.349 e. The number of aromatic hydroxyl groups is 1. The molecule has 0 spiro atoms. The van der Waals surface area contributed by atoms with E-state index in [1.165, 1.54) is 38.0 Å². The molecule has 0 fully saturated rings. The van der Waals surface area contributed by atoms with Crippen LogP contribution < -0.4 is 16.0 Å². The van der Waals surface area contributed by atoms with Crippen molar-refractivity contribution in [1.82, 2.24) is 21.0 Å². The molecule has 0 saturated heterocycles. The summed E-state index contributed by atoms with van der Waals surface area (Å²) in [6.07, 6.45) is 1.16. The van der Waals surface area contributed by atoms with Crippen molar-refractivity contribution in [1.29, 1.82) is 0 Å². The molecule has 0 aliphatic heterocycles. The number of amides is 5. The standard InChI is InChI=1S/C22H34N4O6S/c1-14(2)5-6-15(13-33-17-9-7-16(27)8-10-17)21(30)26(32)22(31)25-18(20(29)24-4)11-12-19(28)23-3/h7-10,14-15,18,27,32H,5-6,11-13H2,1-4H3,(H,23,28)(H,24,29)(H,25,31)/t15-,18+/m1/s1. The topological polar surface area (TPSA) is 148 Å². The summed E-state index contributed by atoms with van der Waals surface area (Å²) < 4.78 is 0. The molecule has 0 aliphatic carbocycles. The Morgan fingerprint density at radius 3 is 2.18 bits per heavy atom. The Kier molecular flexibility index (Phi) is 12.3. The quantitative estimate of drug-likeness (QED) is 0.174. The number of urea groups is 1. The van der Waals surface area contributed by atoms with Crippen molar-refractivity contribution < 1.29 is 29.5 Å². The molecule has 33 heavy (non-hydrogen) atoms. The van der Waals surface area contributed by atoms with Crippen LogP contribution in [0.25, 0.3) is 0 Å². The van der Waals surface area contributed by atoms with E-state index in [1.54, 1.807) is 12.1 Å². The van der Waals surface area contributed by atoms with Gasteiger partial charge in [0.2, 0.25) is 11.8 Å². The number of nitrogens with zero attached hydrogens (tertiary/aromatic N) is 1. The second kappa shape index (κ2) is 14.4. The third kappa shape index (κ3) is 10.1. The van der Waals surface area contributed by atoms with Crippen molar-refractivity contribution in [3.05, 3.63) is 24.3 Å². The minimum atomic E-state index is -1.13. The highest BCUT2D eigenvalue weighted by atomic mass is 32.2. The van der Waals surface area contributed by atoms with Crippen molar-refractivity contribution >= 4 is 35.5 Å². The van der Waals surface area contributed by atoms with Gasteiger partial charge in [-0.2, -0.15) is 0 Å². The van der Waals surface area contributed by atoms with E-state index in [-0.39, 0.29) is 29.6 Å². The molecule has 11 heteroatoms. The second-order valence-corrected chi connectivity index (χ2v) is 9.04. The minimum absolute atomic E-state index is 0.000595. The molecule has 0 unspecified atom stereocenters. The van der Waals surface area contributed by atoms with Gasteiger partial charge in [-0.3, -0.25) is 19.6 Å². The number of benzene rings is 1. The second-order valence-electron chi connectivity index (χ2n) is 7.95. The number of hydrogen-bond donors (Lipinski definition) is 5. The average Bonchev–Trinajstić information content (AvgIpc) is 2.80. The van der Waals surface area contributed by atoms with E-state index in [9.17, 15) is 29.5 Å². The third-order valence-electron chi connectivity index (χ3n) is 4.93. The first-order valence-electron chi connectivity index (χ1n) is 10.8. The zero-order valence-corrected chi connectivity index (χ0v) is 20.3. The van der Waals surface area contributed by atoms with E-state index >= 15 is 0 Å². The molecule has 0 aliphatic rings. The van der Waals surface area contributed by atoms with Crippen LogP contribution in [0.15, 0.2) is 29.2 Å². The molecule has 0 heterocycles. The van der Waals surface area contributed by atoms with Crippen LogP contribution in [0.3, 0.4) is 0 Å². The van der Waals surface area contributed by atoms with Crippen molar-refractivity contribution in [2.45, 2.75) is 50.5 Å². The highest BCUT2D eigenvalue weighted by Gasteiger charge is 2.31. The summed E-state index contributed by atoms with van der Waals surface area (Å²) in [6.45, 7) is 4.02. The van der Waals surface area contributed by atoms with Crippen LogP contribution in [-0.2, 0) is 14.4 Å². The predicted molar refractivity (Wildman–Crippen MR) is 125 cm³/mol.